The van der Waals surface area contributed by atoms with Crippen molar-refractivity contribution >= 4 is 26.0 Å². The Kier molecular flexibility index (Phi) is 6.42. The van der Waals surface area contributed by atoms with Crippen LogP contribution in [0.5, 0.6) is 0 Å². The normalized spacial score (nSPS) is 11.8. The molecule has 0 atom stereocenters. The highest BCUT2D eigenvalue weighted by Gasteiger charge is 2.19. The maximum atomic E-state index is 13.2. The Morgan fingerprint density at radius 3 is 2.26 bits per heavy atom. The van der Waals surface area contributed by atoms with E-state index in [-0.39, 0.29) is 4.90 Å². The zero-order chi connectivity index (χ0) is 14.5. The summed E-state index contributed by atoms with van der Waals surface area (Å²) in [4.78, 5) is 0.189. The second kappa shape index (κ2) is 7.36. The lowest BCUT2D eigenvalue weighted by Gasteiger charge is -2.12. The SMILES string of the molecule is Cc1cc(F)cc(C)c1S(=O)(=O)NCCCCCBr. The third-order valence-corrected chi connectivity index (χ3v) is 5.12. The molecule has 3 nitrogen and oxygen atoms in total. The number of benzene rings is 1. The van der Waals surface area contributed by atoms with Crippen LogP contribution in [0.4, 0.5) is 4.39 Å². The van der Waals surface area contributed by atoms with Crippen LogP contribution >= 0.6 is 15.9 Å². The van der Waals surface area contributed by atoms with Crippen LogP contribution in [-0.4, -0.2) is 20.3 Å². The summed E-state index contributed by atoms with van der Waals surface area (Å²) in [6.45, 7) is 3.62. The first-order valence-electron chi connectivity index (χ1n) is 6.21. The monoisotopic (exact) mass is 351 g/mol. The molecule has 0 aliphatic heterocycles. The second-order valence-corrected chi connectivity index (χ2v) is 7.01. The van der Waals surface area contributed by atoms with Crippen molar-refractivity contribution in [2.75, 3.05) is 11.9 Å². The van der Waals surface area contributed by atoms with Crippen molar-refractivity contribution in [3.63, 3.8) is 0 Å². The lowest BCUT2D eigenvalue weighted by Crippen LogP contribution is -2.26. The molecule has 1 rings (SSSR count). The summed E-state index contributed by atoms with van der Waals surface area (Å²) in [7, 11) is -3.55. The van der Waals surface area contributed by atoms with Gasteiger partial charge in [-0.25, -0.2) is 17.5 Å². The first-order valence-corrected chi connectivity index (χ1v) is 8.81. The molecular weight excluding hydrogens is 333 g/mol. The fourth-order valence-electron chi connectivity index (χ4n) is 2.00. The fraction of sp³-hybridized carbons (Fsp3) is 0.538. The number of unbranched alkanes of at least 4 members (excludes halogenated alkanes) is 2. The first kappa shape index (κ1) is 16.6. The van der Waals surface area contributed by atoms with E-state index in [9.17, 15) is 12.8 Å². The molecule has 0 saturated heterocycles. The molecule has 19 heavy (non-hydrogen) atoms. The van der Waals surface area contributed by atoms with Crippen LogP contribution in [0, 0.1) is 19.7 Å². The van der Waals surface area contributed by atoms with Crippen molar-refractivity contribution in [1.29, 1.82) is 0 Å². The predicted octanol–water partition coefficient (Wildman–Crippen LogP) is 3.29. The molecule has 0 radical (unpaired) electrons. The molecule has 6 heteroatoms. The minimum Gasteiger partial charge on any atom is -0.211 e. The van der Waals surface area contributed by atoms with Crippen molar-refractivity contribution in [2.45, 2.75) is 38.0 Å². The quantitative estimate of drug-likeness (QED) is 0.605. The van der Waals surface area contributed by atoms with Gasteiger partial charge >= 0.3 is 0 Å². The van der Waals surface area contributed by atoms with E-state index in [2.05, 4.69) is 20.7 Å². The summed E-state index contributed by atoms with van der Waals surface area (Å²) in [5, 5.41) is 0.927. The molecule has 1 N–H and O–H groups in total. The number of nitrogens with one attached hydrogen (secondary N) is 1. The average Bonchev–Trinajstić information content (AvgIpc) is 2.26. The van der Waals surface area contributed by atoms with E-state index in [1.165, 1.54) is 12.1 Å². The summed E-state index contributed by atoms with van der Waals surface area (Å²) in [6, 6.07) is 2.48. The highest BCUT2D eigenvalue weighted by molar-refractivity contribution is 9.09. The van der Waals surface area contributed by atoms with Crippen molar-refractivity contribution in [3.05, 3.63) is 29.1 Å². The third kappa shape index (κ3) is 4.85. The highest BCUT2D eigenvalue weighted by atomic mass is 79.9. The summed E-state index contributed by atoms with van der Waals surface area (Å²) in [5.41, 5.74) is 0.871. The van der Waals surface area contributed by atoms with Gasteiger partial charge in [0.15, 0.2) is 0 Å². The summed E-state index contributed by atoms with van der Waals surface area (Å²) >= 11 is 3.33. The zero-order valence-corrected chi connectivity index (χ0v) is 13.6. The maximum absolute atomic E-state index is 13.2. The van der Waals surface area contributed by atoms with Crippen molar-refractivity contribution in [1.82, 2.24) is 4.72 Å². The maximum Gasteiger partial charge on any atom is 0.241 e. The molecule has 0 spiro atoms. The van der Waals surface area contributed by atoms with Gasteiger partial charge in [0.05, 0.1) is 4.90 Å². The summed E-state index contributed by atoms with van der Waals surface area (Å²) in [6.07, 6.45) is 2.79. The second-order valence-electron chi connectivity index (χ2n) is 4.52. The third-order valence-electron chi connectivity index (χ3n) is 2.80. The molecule has 0 aliphatic carbocycles. The number of alkyl halides is 1. The van der Waals surface area contributed by atoms with E-state index in [4.69, 9.17) is 0 Å². The number of halogens is 2. The Labute approximate surface area is 122 Å². The molecule has 0 saturated carbocycles. The van der Waals surface area contributed by atoms with Crippen LogP contribution in [0.15, 0.2) is 17.0 Å². The largest absolute Gasteiger partial charge is 0.241 e. The molecule has 0 heterocycles. The molecule has 0 fully saturated rings. The van der Waals surface area contributed by atoms with Crippen LogP contribution in [0.2, 0.25) is 0 Å². The van der Waals surface area contributed by atoms with Crippen molar-refractivity contribution < 1.29 is 12.8 Å². The first-order chi connectivity index (χ1) is 8.88. The van der Waals surface area contributed by atoms with E-state index in [0.717, 1.165) is 24.6 Å². The van der Waals surface area contributed by atoms with Crippen LogP contribution in [0.3, 0.4) is 0 Å². The predicted molar refractivity (Wildman–Crippen MR) is 78.7 cm³/mol. The molecule has 0 bridgehead atoms. The molecule has 0 aliphatic rings. The van der Waals surface area contributed by atoms with Gasteiger partial charge in [0.2, 0.25) is 10.0 Å². The van der Waals surface area contributed by atoms with Gasteiger partial charge in [-0.05, 0) is 49.9 Å². The van der Waals surface area contributed by atoms with Gasteiger partial charge in [0.1, 0.15) is 5.82 Å². The van der Waals surface area contributed by atoms with Gasteiger partial charge in [-0.2, -0.15) is 0 Å². The Morgan fingerprint density at radius 1 is 1.16 bits per heavy atom. The minimum atomic E-state index is -3.55. The molecule has 1 aromatic carbocycles. The van der Waals surface area contributed by atoms with E-state index in [0.29, 0.717) is 17.7 Å². The molecular formula is C13H19BrFNO2S. The topological polar surface area (TPSA) is 46.2 Å². The Bertz CT molecular complexity index is 508. The van der Waals surface area contributed by atoms with E-state index in [1.54, 1.807) is 13.8 Å². The van der Waals surface area contributed by atoms with Crippen LogP contribution in [0.25, 0.3) is 0 Å². The standard InChI is InChI=1S/C13H19BrFNO2S/c1-10-8-12(15)9-11(2)13(10)19(17,18)16-7-5-3-4-6-14/h8-9,16H,3-7H2,1-2H3. The van der Waals surface area contributed by atoms with E-state index < -0.39 is 15.8 Å². The number of aryl methyl sites for hydroxylation is 2. The van der Waals surface area contributed by atoms with Crippen molar-refractivity contribution in [3.8, 4) is 0 Å². The summed E-state index contributed by atoms with van der Waals surface area (Å²) in [5.74, 6) is -0.411. The molecule has 0 unspecified atom stereocenters. The number of rotatable bonds is 7. The number of hydrogen-bond acceptors (Lipinski definition) is 2. The Hall–Kier alpha value is -0.460. The van der Waals surface area contributed by atoms with E-state index >= 15 is 0 Å². The fourth-order valence-corrected chi connectivity index (χ4v) is 3.92. The number of hydrogen-bond donors (Lipinski definition) is 1. The molecule has 108 valence electrons. The van der Waals surface area contributed by atoms with Gasteiger partial charge < -0.3 is 0 Å². The average molecular weight is 352 g/mol. The minimum absolute atomic E-state index is 0.189. The highest BCUT2D eigenvalue weighted by Crippen LogP contribution is 2.21. The molecule has 1 aromatic rings. The van der Waals surface area contributed by atoms with Crippen LogP contribution < -0.4 is 4.72 Å². The van der Waals surface area contributed by atoms with Crippen LogP contribution in [-0.2, 0) is 10.0 Å². The van der Waals surface area contributed by atoms with Gasteiger partial charge in [0, 0.05) is 11.9 Å². The summed E-state index contributed by atoms with van der Waals surface area (Å²) < 4.78 is 40.1. The Morgan fingerprint density at radius 2 is 1.74 bits per heavy atom. The number of sulfonamides is 1. The van der Waals surface area contributed by atoms with Gasteiger partial charge in [0.25, 0.3) is 0 Å². The lowest BCUT2D eigenvalue weighted by atomic mass is 10.1. The van der Waals surface area contributed by atoms with Crippen LogP contribution in [0.1, 0.15) is 30.4 Å². The van der Waals surface area contributed by atoms with Gasteiger partial charge in [-0.1, -0.05) is 22.4 Å². The lowest BCUT2D eigenvalue weighted by molar-refractivity contribution is 0.573. The van der Waals surface area contributed by atoms with Gasteiger partial charge in [-0.3, -0.25) is 0 Å². The van der Waals surface area contributed by atoms with Gasteiger partial charge in [-0.15, -0.1) is 0 Å². The molecule has 0 amide bonds. The Balaban J connectivity index is 2.78. The smallest absolute Gasteiger partial charge is 0.211 e. The van der Waals surface area contributed by atoms with Crippen molar-refractivity contribution in [2.24, 2.45) is 0 Å². The molecule has 0 aromatic heterocycles. The zero-order valence-electron chi connectivity index (χ0n) is 11.2. The van der Waals surface area contributed by atoms with E-state index in [1.807, 2.05) is 0 Å².